The first-order valence-corrected chi connectivity index (χ1v) is 5.11. The maximum atomic E-state index is 12.1. The predicted molar refractivity (Wildman–Crippen MR) is 64.2 cm³/mol. The molecule has 4 nitrogen and oxygen atoms in total. The van der Waals surface area contributed by atoms with E-state index < -0.39 is 0 Å². The van der Waals surface area contributed by atoms with E-state index in [9.17, 15) is 4.79 Å². The van der Waals surface area contributed by atoms with E-state index in [2.05, 4.69) is 18.3 Å². The van der Waals surface area contributed by atoms with Gasteiger partial charge in [-0.2, -0.15) is 5.10 Å². The Morgan fingerprint density at radius 3 is 2.44 bits per heavy atom. The predicted octanol–water partition coefficient (Wildman–Crippen LogP) is 1.54. The molecule has 0 aliphatic carbocycles. The van der Waals surface area contributed by atoms with Crippen molar-refractivity contribution in [1.82, 2.24) is 14.7 Å². The van der Waals surface area contributed by atoms with Gasteiger partial charge in [0.2, 0.25) is 0 Å². The third-order valence-corrected chi connectivity index (χ3v) is 2.45. The first-order chi connectivity index (χ1) is 7.61. The van der Waals surface area contributed by atoms with Crippen LogP contribution in [-0.4, -0.2) is 33.7 Å². The lowest BCUT2D eigenvalue weighted by molar-refractivity contribution is 0.0790. The highest BCUT2D eigenvalue weighted by Gasteiger charge is 2.17. The highest BCUT2D eigenvalue weighted by molar-refractivity contribution is 5.95. The molecule has 4 heteroatoms. The van der Waals surface area contributed by atoms with Crippen LogP contribution in [0.2, 0.25) is 0 Å². The number of rotatable bonds is 5. The second kappa shape index (κ2) is 5.30. The van der Waals surface area contributed by atoms with Gasteiger partial charge < -0.3 is 4.90 Å². The number of hydrogen-bond donors (Lipinski definition) is 0. The standard InChI is InChI=1S/C12H17N3O/c1-5-7-15(8-6-2)12(16)11-9-13-14(4)10(11)3/h5-6,9H,1-2,7-8H2,3-4H3. The molecule has 0 saturated heterocycles. The Kier molecular flexibility index (Phi) is 4.05. The van der Waals surface area contributed by atoms with Crippen molar-refractivity contribution in [2.75, 3.05) is 13.1 Å². The van der Waals surface area contributed by atoms with Crippen LogP contribution in [-0.2, 0) is 7.05 Å². The Balaban J connectivity index is 2.93. The van der Waals surface area contributed by atoms with Crippen LogP contribution in [0.5, 0.6) is 0 Å². The molecule has 16 heavy (non-hydrogen) atoms. The van der Waals surface area contributed by atoms with Crippen LogP contribution < -0.4 is 0 Å². The molecule has 86 valence electrons. The number of amides is 1. The second-order valence-electron chi connectivity index (χ2n) is 3.55. The van der Waals surface area contributed by atoms with E-state index in [0.29, 0.717) is 18.7 Å². The molecule has 1 amide bonds. The maximum absolute atomic E-state index is 12.1. The molecule has 0 atom stereocenters. The van der Waals surface area contributed by atoms with Crippen LogP contribution in [0.4, 0.5) is 0 Å². The van der Waals surface area contributed by atoms with E-state index in [4.69, 9.17) is 0 Å². The molecular weight excluding hydrogens is 202 g/mol. The summed E-state index contributed by atoms with van der Waals surface area (Å²) in [5, 5.41) is 4.06. The normalized spacial score (nSPS) is 9.88. The Labute approximate surface area is 95.9 Å². The molecule has 0 spiro atoms. The zero-order chi connectivity index (χ0) is 12.1. The van der Waals surface area contributed by atoms with E-state index >= 15 is 0 Å². The van der Waals surface area contributed by atoms with E-state index in [0.717, 1.165) is 5.69 Å². The van der Waals surface area contributed by atoms with Crippen molar-refractivity contribution < 1.29 is 4.79 Å². The first kappa shape index (κ1) is 12.2. The van der Waals surface area contributed by atoms with Crippen molar-refractivity contribution in [2.45, 2.75) is 6.92 Å². The van der Waals surface area contributed by atoms with Gasteiger partial charge in [-0.15, -0.1) is 13.2 Å². The molecule has 0 unspecified atom stereocenters. The SMILES string of the molecule is C=CCN(CC=C)C(=O)c1cnn(C)c1C. The summed E-state index contributed by atoms with van der Waals surface area (Å²) in [5.74, 6) is -0.0367. The van der Waals surface area contributed by atoms with Gasteiger partial charge in [0, 0.05) is 25.8 Å². The van der Waals surface area contributed by atoms with Gasteiger partial charge in [0.1, 0.15) is 0 Å². The Morgan fingerprint density at radius 2 is 2.06 bits per heavy atom. The molecular formula is C12H17N3O. The maximum Gasteiger partial charge on any atom is 0.257 e. The van der Waals surface area contributed by atoms with Crippen LogP contribution in [0, 0.1) is 6.92 Å². The van der Waals surface area contributed by atoms with Crippen molar-refractivity contribution in [3.8, 4) is 0 Å². The largest absolute Gasteiger partial charge is 0.331 e. The monoisotopic (exact) mass is 219 g/mol. The van der Waals surface area contributed by atoms with Crippen molar-refractivity contribution in [1.29, 1.82) is 0 Å². The topological polar surface area (TPSA) is 38.1 Å². The highest BCUT2D eigenvalue weighted by Crippen LogP contribution is 2.09. The number of carbonyl (C=O) groups is 1. The molecule has 0 bridgehead atoms. The van der Waals surface area contributed by atoms with Crippen LogP contribution >= 0.6 is 0 Å². The highest BCUT2D eigenvalue weighted by atomic mass is 16.2. The van der Waals surface area contributed by atoms with Gasteiger partial charge in [-0.25, -0.2) is 0 Å². The summed E-state index contributed by atoms with van der Waals surface area (Å²) in [6, 6.07) is 0. The summed E-state index contributed by atoms with van der Waals surface area (Å²) in [6.07, 6.45) is 5.00. The van der Waals surface area contributed by atoms with Gasteiger partial charge in [-0.1, -0.05) is 12.2 Å². The van der Waals surface area contributed by atoms with Crippen molar-refractivity contribution in [3.63, 3.8) is 0 Å². The molecule has 0 radical (unpaired) electrons. The van der Waals surface area contributed by atoms with E-state index in [-0.39, 0.29) is 5.91 Å². The van der Waals surface area contributed by atoms with Gasteiger partial charge in [-0.05, 0) is 6.92 Å². The Morgan fingerprint density at radius 1 is 1.50 bits per heavy atom. The zero-order valence-corrected chi connectivity index (χ0v) is 9.81. The minimum atomic E-state index is -0.0367. The molecule has 1 rings (SSSR count). The number of aryl methyl sites for hydroxylation is 1. The van der Waals surface area contributed by atoms with Gasteiger partial charge in [0.15, 0.2) is 0 Å². The lowest BCUT2D eigenvalue weighted by Crippen LogP contribution is -2.31. The third-order valence-electron chi connectivity index (χ3n) is 2.45. The average Bonchev–Trinajstić information content (AvgIpc) is 2.59. The number of aromatic nitrogens is 2. The molecule has 0 aliphatic heterocycles. The fraction of sp³-hybridized carbons (Fsp3) is 0.333. The lowest BCUT2D eigenvalue weighted by atomic mass is 10.2. The summed E-state index contributed by atoms with van der Waals surface area (Å²) >= 11 is 0. The van der Waals surface area contributed by atoms with Crippen LogP contribution in [0.3, 0.4) is 0 Å². The molecule has 1 heterocycles. The number of carbonyl (C=O) groups excluding carboxylic acids is 1. The molecule has 1 aromatic rings. The van der Waals surface area contributed by atoms with Crippen molar-refractivity contribution >= 4 is 5.91 Å². The zero-order valence-electron chi connectivity index (χ0n) is 9.81. The summed E-state index contributed by atoms with van der Waals surface area (Å²) in [5.41, 5.74) is 1.49. The molecule has 1 aromatic heterocycles. The summed E-state index contributed by atoms with van der Waals surface area (Å²) in [6.45, 7) is 10.2. The minimum Gasteiger partial charge on any atom is -0.331 e. The molecule has 0 aromatic carbocycles. The minimum absolute atomic E-state index is 0.0367. The fourth-order valence-corrected chi connectivity index (χ4v) is 1.43. The average molecular weight is 219 g/mol. The van der Waals surface area contributed by atoms with Gasteiger partial charge in [0.05, 0.1) is 11.8 Å². The number of hydrogen-bond acceptors (Lipinski definition) is 2. The van der Waals surface area contributed by atoms with Gasteiger partial charge in [-0.3, -0.25) is 9.48 Å². The van der Waals surface area contributed by atoms with Crippen LogP contribution in [0.15, 0.2) is 31.5 Å². The molecule has 0 saturated carbocycles. The van der Waals surface area contributed by atoms with E-state index in [1.165, 1.54) is 0 Å². The summed E-state index contributed by atoms with van der Waals surface area (Å²) in [7, 11) is 1.82. The van der Waals surface area contributed by atoms with Crippen LogP contribution in [0.25, 0.3) is 0 Å². The molecule has 0 aliphatic rings. The van der Waals surface area contributed by atoms with Gasteiger partial charge >= 0.3 is 0 Å². The molecule has 0 fully saturated rings. The van der Waals surface area contributed by atoms with Crippen molar-refractivity contribution in [3.05, 3.63) is 42.8 Å². The summed E-state index contributed by atoms with van der Waals surface area (Å²) < 4.78 is 1.69. The second-order valence-corrected chi connectivity index (χ2v) is 3.55. The fourth-order valence-electron chi connectivity index (χ4n) is 1.43. The van der Waals surface area contributed by atoms with Crippen LogP contribution in [0.1, 0.15) is 16.1 Å². The Hall–Kier alpha value is -1.84. The Bertz CT molecular complexity index is 396. The lowest BCUT2D eigenvalue weighted by Gasteiger charge is -2.18. The third kappa shape index (κ3) is 2.39. The smallest absolute Gasteiger partial charge is 0.257 e. The number of nitrogens with zero attached hydrogens (tertiary/aromatic N) is 3. The van der Waals surface area contributed by atoms with Gasteiger partial charge in [0.25, 0.3) is 5.91 Å². The molecule has 0 N–H and O–H groups in total. The van der Waals surface area contributed by atoms with Crippen molar-refractivity contribution in [2.24, 2.45) is 7.05 Å². The van der Waals surface area contributed by atoms with E-state index in [1.54, 1.807) is 27.9 Å². The van der Waals surface area contributed by atoms with E-state index in [1.807, 2.05) is 14.0 Å². The quantitative estimate of drug-likeness (QED) is 0.705. The first-order valence-electron chi connectivity index (χ1n) is 5.11. The summed E-state index contributed by atoms with van der Waals surface area (Å²) in [4.78, 5) is 13.8.